The molecule has 2 aromatic carbocycles. The van der Waals surface area contributed by atoms with Crippen LogP contribution in [0.3, 0.4) is 0 Å². The SMILES string of the molecule is C\C=C(CNc1ncnc2c(OC)cc(-c3ccc(F)cc3)cc12)/C(=C\C=C\CC)C(F)(F)F. The van der Waals surface area contributed by atoms with Crippen LogP contribution in [0.25, 0.3) is 22.0 Å². The number of fused-ring (bicyclic) bond motifs is 1. The molecule has 3 rings (SSSR count). The van der Waals surface area contributed by atoms with Crippen LogP contribution < -0.4 is 10.1 Å². The van der Waals surface area contributed by atoms with Crippen LogP contribution >= 0.6 is 0 Å². The second-order valence-electron chi connectivity index (χ2n) is 7.39. The summed E-state index contributed by atoms with van der Waals surface area (Å²) in [5, 5.41) is 3.59. The van der Waals surface area contributed by atoms with Gasteiger partial charge in [-0.2, -0.15) is 13.2 Å². The third-order valence-corrected chi connectivity index (χ3v) is 5.18. The van der Waals surface area contributed by atoms with E-state index >= 15 is 0 Å². The minimum absolute atomic E-state index is 0.0849. The second-order valence-corrected chi connectivity index (χ2v) is 7.39. The lowest BCUT2D eigenvalue weighted by Crippen LogP contribution is -2.19. The number of rotatable bonds is 8. The van der Waals surface area contributed by atoms with Crippen molar-refractivity contribution in [1.29, 1.82) is 0 Å². The molecule has 1 N–H and O–H groups in total. The molecule has 0 fully saturated rings. The first-order chi connectivity index (χ1) is 16.3. The maximum absolute atomic E-state index is 13.7. The zero-order valence-corrected chi connectivity index (χ0v) is 19.1. The fourth-order valence-corrected chi connectivity index (χ4v) is 3.46. The highest BCUT2D eigenvalue weighted by Crippen LogP contribution is 2.35. The number of hydrogen-bond donors (Lipinski definition) is 1. The largest absolute Gasteiger partial charge is 0.494 e. The van der Waals surface area contributed by atoms with Crippen LogP contribution in [-0.2, 0) is 0 Å². The maximum atomic E-state index is 13.7. The molecule has 0 saturated heterocycles. The molecule has 1 heterocycles. The van der Waals surface area contributed by atoms with Crippen molar-refractivity contribution in [1.82, 2.24) is 9.97 Å². The minimum Gasteiger partial charge on any atom is -0.494 e. The number of benzene rings is 2. The number of alkyl halides is 3. The summed E-state index contributed by atoms with van der Waals surface area (Å²) < 4.78 is 59.9. The van der Waals surface area contributed by atoms with Crippen LogP contribution in [0.15, 0.2) is 78.2 Å². The van der Waals surface area contributed by atoms with Crippen molar-refractivity contribution >= 4 is 16.7 Å². The summed E-state index contributed by atoms with van der Waals surface area (Å²) in [7, 11) is 1.50. The molecule has 0 spiro atoms. The summed E-state index contributed by atoms with van der Waals surface area (Å²) in [6.07, 6.45) is 3.03. The first-order valence-electron chi connectivity index (χ1n) is 10.7. The Hall–Kier alpha value is -3.68. The van der Waals surface area contributed by atoms with Crippen LogP contribution in [0.1, 0.15) is 20.3 Å². The van der Waals surface area contributed by atoms with Crippen molar-refractivity contribution in [3.8, 4) is 16.9 Å². The van der Waals surface area contributed by atoms with Crippen LogP contribution in [-0.4, -0.2) is 29.8 Å². The zero-order valence-electron chi connectivity index (χ0n) is 19.1. The lowest BCUT2D eigenvalue weighted by molar-refractivity contribution is -0.0893. The van der Waals surface area contributed by atoms with Gasteiger partial charge in [-0.15, -0.1) is 0 Å². The molecule has 0 saturated carbocycles. The molecular weight excluding hydrogens is 446 g/mol. The Morgan fingerprint density at radius 1 is 1.09 bits per heavy atom. The Labute approximate surface area is 195 Å². The highest BCUT2D eigenvalue weighted by Gasteiger charge is 2.35. The van der Waals surface area contributed by atoms with Crippen molar-refractivity contribution in [3.63, 3.8) is 0 Å². The molecule has 178 valence electrons. The van der Waals surface area contributed by atoms with Crippen molar-refractivity contribution in [2.24, 2.45) is 0 Å². The van der Waals surface area contributed by atoms with Gasteiger partial charge in [0.15, 0.2) is 0 Å². The quantitative estimate of drug-likeness (QED) is 0.278. The molecule has 0 bridgehead atoms. The van der Waals surface area contributed by atoms with E-state index in [2.05, 4.69) is 15.3 Å². The van der Waals surface area contributed by atoms with Crippen molar-refractivity contribution < 1.29 is 22.3 Å². The van der Waals surface area contributed by atoms with E-state index in [0.717, 1.165) is 17.2 Å². The third kappa shape index (κ3) is 5.81. The van der Waals surface area contributed by atoms with Gasteiger partial charge in [0, 0.05) is 11.9 Å². The number of ether oxygens (including phenoxy) is 1. The van der Waals surface area contributed by atoms with E-state index in [4.69, 9.17) is 4.74 Å². The molecule has 0 aliphatic heterocycles. The predicted octanol–water partition coefficient (Wildman–Crippen LogP) is 7.26. The summed E-state index contributed by atoms with van der Waals surface area (Å²) in [6.45, 7) is 3.31. The second kappa shape index (κ2) is 11.0. The molecule has 34 heavy (non-hydrogen) atoms. The van der Waals surface area contributed by atoms with Gasteiger partial charge in [0.1, 0.15) is 29.2 Å². The smallest absolute Gasteiger partial charge is 0.416 e. The molecule has 4 nitrogen and oxygen atoms in total. The molecule has 0 aliphatic rings. The van der Waals surface area contributed by atoms with Gasteiger partial charge >= 0.3 is 6.18 Å². The van der Waals surface area contributed by atoms with E-state index < -0.39 is 11.7 Å². The molecule has 0 atom stereocenters. The van der Waals surface area contributed by atoms with E-state index in [1.807, 2.05) is 6.92 Å². The Morgan fingerprint density at radius 2 is 1.82 bits per heavy atom. The van der Waals surface area contributed by atoms with E-state index in [0.29, 0.717) is 28.9 Å². The fraction of sp³-hybridized carbons (Fsp3) is 0.231. The van der Waals surface area contributed by atoms with Gasteiger partial charge < -0.3 is 10.1 Å². The average Bonchev–Trinajstić information content (AvgIpc) is 2.82. The van der Waals surface area contributed by atoms with Gasteiger partial charge in [-0.1, -0.05) is 37.3 Å². The molecule has 0 radical (unpaired) electrons. The van der Waals surface area contributed by atoms with Gasteiger partial charge in [0.25, 0.3) is 0 Å². The standard InChI is InChI=1S/C26H25F4N3O/c1-4-6-7-8-22(26(28,29)30)17(5-2)15-31-25-21-13-19(18-9-11-20(27)12-10-18)14-23(34-3)24(21)32-16-33-25/h5-14,16H,4,15H2,1-3H3,(H,31,32,33)/b7-6+,17-5-,22-8+. The zero-order chi connectivity index (χ0) is 24.7. The van der Waals surface area contributed by atoms with E-state index in [1.54, 1.807) is 37.3 Å². The summed E-state index contributed by atoms with van der Waals surface area (Å²) in [6, 6.07) is 9.54. The lowest BCUT2D eigenvalue weighted by Gasteiger charge is -2.17. The normalized spacial score (nSPS) is 13.0. The van der Waals surface area contributed by atoms with Crippen LogP contribution in [0.4, 0.5) is 23.4 Å². The first kappa shape index (κ1) is 25.0. The monoisotopic (exact) mass is 471 g/mol. The van der Waals surface area contributed by atoms with Crippen molar-refractivity contribution in [3.05, 3.63) is 84.0 Å². The Balaban J connectivity index is 2.01. The maximum Gasteiger partial charge on any atom is 0.416 e. The van der Waals surface area contributed by atoms with Gasteiger partial charge in [-0.3, -0.25) is 0 Å². The Bertz CT molecular complexity index is 1230. The molecule has 0 amide bonds. The number of anilines is 1. The van der Waals surface area contributed by atoms with Gasteiger partial charge in [0.05, 0.1) is 12.7 Å². The first-order valence-corrected chi connectivity index (χ1v) is 10.7. The average molecular weight is 471 g/mol. The number of methoxy groups -OCH3 is 1. The lowest BCUT2D eigenvalue weighted by atomic mass is 10.0. The van der Waals surface area contributed by atoms with E-state index in [-0.39, 0.29) is 17.9 Å². The van der Waals surface area contributed by atoms with Crippen molar-refractivity contribution in [2.75, 3.05) is 19.0 Å². The number of allylic oxidation sites excluding steroid dienone is 4. The molecule has 0 unspecified atom stereocenters. The third-order valence-electron chi connectivity index (χ3n) is 5.18. The molecule has 8 heteroatoms. The summed E-state index contributed by atoms with van der Waals surface area (Å²) in [4.78, 5) is 8.54. The van der Waals surface area contributed by atoms with Gasteiger partial charge in [-0.25, -0.2) is 14.4 Å². The molecular formula is C26H25F4N3O. The molecule has 3 aromatic rings. The number of hydrogen-bond acceptors (Lipinski definition) is 4. The highest BCUT2D eigenvalue weighted by atomic mass is 19.4. The van der Waals surface area contributed by atoms with Crippen LogP contribution in [0.5, 0.6) is 5.75 Å². The van der Waals surface area contributed by atoms with Crippen LogP contribution in [0.2, 0.25) is 0 Å². The van der Waals surface area contributed by atoms with Gasteiger partial charge in [0.2, 0.25) is 0 Å². The Kier molecular flexibility index (Phi) is 8.04. The van der Waals surface area contributed by atoms with Gasteiger partial charge in [-0.05, 0) is 60.4 Å². The fourth-order valence-electron chi connectivity index (χ4n) is 3.46. The molecule has 0 aliphatic carbocycles. The number of nitrogens with zero attached hydrogens (tertiary/aromatic N) is 2. The number of aromatic nitrogens is 2. The highest BCUT2D eigenvalue weighted by molar-refractivity contribution is 5.96. The molecule has 1 aromatic heterocycles. The van der Waals surface area contributed by atoms with E-state index in [9.17, 15) is 17.6 Å². The minimum atomic E-state index is -4.51. The summed E-state index contributed by atoms with van der Waals surface area (Å²) >= 11 is 0. The van der Waals surface area contributed by atoms with Crippen molar-refractivity contribution in [2.45, 2.75) is 26.4 Å². The van der Waals surface area contributed by atoms with E-state index in [1.165, 1.54) is 37.7 Å². The number of nitrogens with one attached hydrogen (secondary N) is 1. The topological polar surface area (TPSA) is 47.0 Å². The summed E-state index contributed by atoms with van der Waals surface area (Å²) in [5.41, 5.74) is 1.34. The summed E-state index contributed by atoms with van der Waals surface area (Å²) in [5.74, 6) is 0.467. The number of halogens is 4. The Morgan fingerprint density at radius 3 is 2.44 bits per heavy atom. The van der Waals surface area contributed by atoms with Crippen LogP contribution in [0, 0.1) is 5.82 Å². The predicted molar refractivity (Wildman–Crippen MR) is 127 cm³/mol.